The molecule has 0 amide bonds. The molecule has 0 aliphatic carbocycles. The highest BCUT2D eigenvalue weighted by molar-refractivity contribution is 9.10. The average molecular weight is 332 g/mol. The first-order valence-electron chi connectivity index (χ1n) is 6.39. The van der Waals surface area contributed by atoms with Crippen molar-refractivity contribution in [3.63, 3.8) is 0 Å². The van der Waals surface area contributed by atoms with Gasteiger partial charge in [-0.05, 0) is 36.6 Å². The van der Waals surface area contributed by atoms with Gasteiger partial charge >= 0.3 is 0 Å². The molecule has 0 bridgehead atoms. The normalized spacial score (nSPS) is 12.7. The van der Waals surface area contributed by atoms with E-state index in [4.69, 9.17) is 4.74 Å². The number of halogens is 1. The van der Waals surface area contributed by atoms with Crippen LogP contribution in [0.3, 0.4) is 0 Å². The Kier molecular flexibility index (Phi) is 6.62. The molecule has 1 aromatic carbocycles. The molecule has 0 spiro atoms. The number of nitrogens with one attached hydrogen (secondary N) is 1. The lowest BCUT2D eigenvalue weighted by Crippen LogP contribution is -2.23. The zero-order valence-electron chi connectivity index (χ0n) is 11.6. The number of aliphatic hydroxyl groups is 1. The van der Waals surface area contributed by atoms with Crippen LogP contribution in [0, 0.1) is 5.92 Å². The molecule has 0 aliphatic rings. The molecule has 0 saturated heterocycles. The second-order valence-corrected chi connectivity index (χ2v) is 5.75. The Bertz CT molecular complexity index is 410. The van der Waals surface area contributed by atoms with Crippen LogP contribution in [-0.4, -0.2) is 30.0 Å². The summed E-state index contributed by atoms with van der Waals surface area (Å²) < 4.78 is 5.91. The van der Waals surface area contributed by atoms with Crippen LogP contribution >= 0.6 is 15.9 Å². The summed E-state index contributed by atoms with van der Waals surface area (Å²) in [6.07, 6.45) is 0.454. The number of hydrogen-bond acceptors (Lipinski definition) is 4. The van der Waals surface area contributed by atoms with E-state index in [9.17, 15) is 10.2 Å². The topological polar surface area (TPSA) is 61.7 Å². The summed E-state index contributed by atoms with van der Waals surface area (Å²) in [4.78, 5) is 0. The van der Waals surface area contributed by atoms with E-state index in [1.165, 1.54) is 7.11 Å². The summed E-state index contributed by atoms with van der Waals surface area (Å²) in [6.45, 7) is 5.41. The van der Waals surface area contributed by atoms with Gasteiger partial charge in [0.15, 0.2) is 11.5 Å². The molecule has 19 heavy (non-hydrogen) atoms. The van der Waals surface area contributed by atoms with Gasteiger partial charge in [-0.1, -0.05) is 29.8 Å². The Morgan fingerprint density at radius 2 is 2.05 bits per heavy atom. The van der Waals surface area contributed by atoms with Gasteiger partial charge in [0, 0.05) is 11.0 Å². The van der Waals surface area contributed by atoms with E-state index in [-0.39, 0.29) is 17.8 Å². The van der Waals surface area contributed by atoms with E-state index in [0.29, 0.717) is 12.3 Å². The predicted octanol–water partition coefficient (Wildman–Crippen LogP) is 2.66. The molecule has 1 unspecified atom stereocenters. The van der Waals surface area contributed by atoms with Crippen LogP contribution < -0.4 is 10.1 Å². The fraction of sp³-hybridized carbons (Fsp3) is 0.571. The second-order valence-electron chi connectivity index (χ2n) is 4.89. The number of rotatable bonds is 7. The van der Waals surface area contributed by atoms with Gasteiger partial charge in [0.1, 0.15) is 0 Å². The molecule has 0 radical (unpaired) electrons. The molecule has 4 nitrogen and oxygen atoms in total. The van der Waals surface area contributed by atoms with Crippen molar-refractivity contribution in [3.05, 3.63) is 22.2 Å². The highest BCUT2D eigenvalue weighted by Gasteiger charge is 2.10. The maximum absolute atomic E-state index is 9.69. The summed E-state index contributed by atoms with van der Waals surface area (Å²) in [6, 6.07) is 3.42. The predicted molar refractivity (Wildman–Crippen MR) is 79.5 cm³/mol. The summed E-state index contributed by atoms with van der Waals surface area (Å²) >= 11 is 3.41. The molecule has 1 atom stereocenters. The van der Waals surface area contributed by atoms with Gasteiger partial charge in [0.2, 0.25) is 0 Å². The van der Waals surface area contributed by atoms with Crippen molar-refractivity contribution in [2.24, 2.45) is 5.92 Å². The van der Waals surface area contributed by atoms with Gasteiger partial charge in [-0.15, -0.1) is 0 Å². The molecule has 1 rings (SSSR count). The molecular weight excluding hydrogens is 310 g/mol. The first-order chi connectivity index (χ1) is 8.95. The van der Waals surface area contributed by atoms with Gasteiger partial charge in [0.25, 0.3) is 0 Å². The number of ether oxygens (including phenoxy) is 1. The summed E-state index contributed by atoms with van der Waals surface area (Å²) in [5.74, 6) is 0.859. The quantitative estimate of drug-likeness (QED) is 0.672. The van der Waals surface area contributed by atoms with Crippen LogP contribution in [0.1, 0.15) is 25.8 Å². The SMILES string of the molecule is COc1cc(CNCCC(O)C(C)C)c(Br)cc1O. The molecule has 0 heterocycles. The van der Waals surface area contributed by atoms with Crippen LogP contribution in [-0.2, 0) is 6.54 Å². The Labute approximate surface area is 122 Å². The van der Waals surface area contributed by atoms with Crippen LogP contribution in [0.25, 0.3) is 0 Å². The minimum Gasteiger partial charge on any atom is -0.504 e. The monoisotopic (exact) mass is 331 g/mol. The number of benzene rings is 1. The molecule has 0 fully saturated rings. The first-order valence-corrected chi connectivity index (χ1v) is 7.19. The lowest BCUT2D eigenvalue weighted by atomic mass is 10.0. The number of aliphatic hydroxyl groups excluding tert-OH is 1. The molecule has 0 aromatic heterocycles. The Balaban J connectivity index is 2.49. The molecular formula is C14H22BrNO3. The van der Waals surface area contributed by atoms with Gasteiger partial charge in [-0.2, -0.15) is 0 Å². The molecule has 3 N–H and O–H groups in total. The smallest absolute Gasteiger partial charge is 0.160 e. The number of phenols is 1. The Morgan fingerprint density at radius 3 is 2.63 bits per heavy atom. The van der Waals surface area contributed by atoms with E-state index in [0.717, 1.165) is 23.0 Å². The second kappa shape index (κ2) is 7.72. The van der Waals surface area contributed by atoms with Crippen molar-refractivity contribution < 1.29 is 14.9 Å². The van der Waals surface area contributed by atoms with E-state index < -0.39 is 0 Å². The lowest BCUT2D eigenvalue weighted by molar-refractivity contribution is 0.116. The molecule has 0 aliphatic heterocycles. The van der Waals surface area contributed by atoms with Crippen molar-refractivity contribution in [1.29, 1.82) is 0 Å². The number of hydrogen-bond donors (Lipinski definition) is 3. The molecule has 108 valence electrons. The maximum Gasteiger partial charge on any atom is 0.160 e. The third kappa shape index (κ3) is 5.01. The van der Waals surface area contributed by atoms with E-state index in [1.807, 2.05) is 13.8 Å². The third-order valence-electron chi connectivity index (χ3n) is 3.05. The van der Waals surface area contributed by atoms with Crippen molar-refractivity contribution in [3.8, 4) is 11.5 Å². The Morgan fingerprint density at radius 1 is 1.37 bits per heavy atom. The fourth-order valence-electron chi connectivity index (χ4n) is 1.69. The molecule has 1 aromatic rings. The zero-order chi connectivity index (χ0) is 14.4. The van der Waals surface area contributed by atoms with E-state index in [1.54, 1.807) is 12.1 Å². The lowest BCUT2D eigenvalue weighted by Gasteiger charge is -2.15. The fourth-order valence-corrected chi connectivity index (χ4v) is 2.16. The van der Waals surface area contributed by atoms with Gasteiger partial charge in [-0.25, -0.2) is 0 Å². The molecule has 5 heteroatoms. The largest absolute Gasteiger partial charge is 0.504 e. The van der Waals surface area contributed by atoms with Crippen molar-refractivity contribution in [2.45, 2.75) is 32.9 Å². The third-order valence-corrected chi connectivity index (χ3v) is 3.79. The highest BCUT2D eigenvalue weighted by atomic mass is 79.9. The zero-order valence-corrected chi connectivity index (χ0v) is 13.2. The minimum atomic E-state index is -0.273. The van der Waals surface area contributed by atoms with Crippen LogP contribution in [0.2, 0.25) is 0 Å². The number of phenolic OH excluding ortho intramolecular Hbond substituents is 1. The highest BCUT2D eigenvalue weighted by Crippen LogP contribution is 2.32. The summed E-state index contributed by atoms with van der Waals surface area (Å²) in [7, 11) is 1.53. The minimum absolute atomic E-state index is 0.119. The van der Waals surface area contributed by atoms with E-state index >= 15 is 0 Å². The number of aromatic hydroxyl groups is 1. The average Bonchev–Trinajstić information content (AvgIpc) is 2.36. The maximum atomic E-state index is 9.69. The summed E-state index contributed by atoms with van der Waals surface area (Å²) in [5.41, 5.74) is 1.01. The van der Waals surface area contributed by atoms with Gasteiger partial charge < -0.3 is 20.3 Å². The number of methoxy groups -OCH3 is 1. The standard InChI is InChI=1S/C14H22BrNO3/c1-9(2)12(17)4-5-16-8-10-6-14(19-3)13(18)7-11(10)15/h6-7,9,12,16-18H,4-5,8H2,1-3H3. The molecule has 0 saturated carbocycles. The first kappa shape index (κ1) is 16.3. The van der Waals surface area contributed by atoms with Gasteiger partial charge in [0.05, 0.1) is 13.2 Å². The Hall–Kier alpha value is -0.780. The van der Waals surface area contributed by atoms with Crippen molar-refractivity contribution in [1.82, 2.24) is 5.32 Å². The van der Waals surface area contributed by atoms with Crippen LogP contribution in [0.15, 0.2) is 16.6 Å². The van der Waals surface area contributed by atoms with Crippen molar-refractivity contribution >= 4 is 15.9 Å². The van der Waals surface area contributed by atoms with Crippen LogP contribution in [0.5, 0.6) is 11.5 Å². The van der Waals surface area contributed by atoms with E-state index in [2.05, 4.69) is 21.2 Å². The van der Waals surface area contributed by atoms with Crippen molar-refractivity contribution in [2.75, 3.05) is 13.7 Å². The van der Waals surface area contributed by atoms with Gasteiger partial charge in [-0.3, -0.25) is 0 Å². The summed E-state index contributed by atoms with van der Waals surface area (Å²) in [5, 5.41) is 22.6. The van der Waals surface area contributed by atoms with Crippen LogP contribution in [0.4, 0.5) is 0 Å².